The molecule has 23 heavy (non-hydrogen) atoms. The molecule has 0 saturated carbocycles. The summed E-state index contributed by atoms with van der Waals surface area (Å²) in [6.07, 6.45) is 0. The molecule has 122 valence electrons. The number of carbonyl (C=O) groups excluding carboxylic acids is 1. The molecule has 2 aromatic rings. The van der Waals surface area contributed by atoms with Gasteiger partial charge in [-0.3, -0.25) is 9.69 Å². The van der Waals surface area contributed by atoms with Gasteiger partial charge in [-0.2, -0.15) is 0 Å². The first-order valence-corrected chi connectivity index (χ1v) is 7.39. The van der Waals surface area contributed by atoms with Gasteiger partial charge in [0.15, 0.2) is 11.5 Å². The third kappa shape index (κ3) is 5.30. The summed E-state index contributed by atoms with van der Waals surface area (Å²) in [5, 5.41) is 0. The van der Waals surface area contributed by atoms with Gasteiger partial charge in [-0.25, -0.2) is 0 Å². The molecule has 0 atom stereocenters. The van der Waals surface area contributed by atoms with Crippen LogP contribution in [0.4, 0.5) is 0 Å². The van der Waals surface area contributed by atoms with Crippen LogP contribution in [0, 0.1) is 0 Å². The molecular weight excluding hydrogens is 292 g/mol. The molecule has 0 aliphatic heterocycles. The topological polar surface area (TPSA) is 64.8 Å². The van der Waals surface area contributed by atoms with Crippen LogP contribution < -0.4 is 15.2 Å². The highest BCUT2D eigenvalue weighted by molar-refractivity contribution is 5.75. The van der Waals surface area contributed by atoms with Crippen molar-refractivity contribution in [3.63, 3.8) is 0 Å². The number of primary amides is 1. The molecule has 2 rings (SSSR count). The Bertz CT molecular complexity index is 644. The number of hydrogen-bond donors (Lipinski definition) is 1. The molecule has 2 aromatic carbocycles. The number of carbonyl (C=O) groups is 1. The van der Waals surface area contributed by atoms with Crippen LogP contribution in [0.25, 0.3) is 0 Å². The number of benzene rings is 2. The molecule has 0 aliphatic rings. The van der Waals surface area contributed by atoms with Crippen LogP contribution in [0.2, 0.25) is 0 Å². The van der Waals surface area contributed by atoms with E-state index in [0.29, 0.717) is 24.7 Å². The van der Waals surface area contributed by atoms with Crippen LogP contribution in [-0.2, 0) is 17.9 Å². The van der Waals surface area contributed by atoms with Gasteiger partial charge in [0.1, 0.15) is 6.61 Å². The summed E-state index contributed by atoms with van der Waals surface area (Å²) in [7, 11) is 3.46. The minimum Gasteiger partial charge on any atom is -0.493 e. The van der Waals surface area contributed by atoms with Crippen LogP contribution in [0.15, 0.2) is 48.5 Å². The third-order valence-electron chi connectivity index (χ3n) is 3.34. The van der Waals surface area contributed by atoms with E-state index in [0.717, 1.165) is 11.1 Å². The molecule has 0 heterocycles. The number of methoxy groups -OCH3 is 1. The van der Waals surface area contributed by atoms with Crippen molar-refractivity contribution in [2.75, 3.05) is 20.7 Å². The van der Waals surface area contributed by atoms with Crippen molar-refractivity contribution < 1.29 is 14.3 Å². The van der Waals surface area contributed by atoms with Crippen molar-refractivity contribution in [3.05, 3.63) is 59.7 Å². The highest BCUT2D eigenvalue weighted by atomic mass is 16.5. The van der Waals surface area contributed by atoms with Gasteiger partial charge in [0, 0.05) is 6.54 Å². The van der Waals surface area contributed by atoms with E-state index in [1.54, 1.807) is 7.11 Å². The minimum atomic E-state index is -0.345. The molecule has 2 N–H and O–H groups in total. The van der Waals surface area contributed by atoms with Crippen molar-refractivity contribution in [1.82, 2.24) is 4.90 Å². The average Bonchev–Trinajstić information content (AvgIpc) is 2.53. The maximum absolute atomic E-state index is 10.9. The SMILES string of the molecule is COc1cc(CN(C)CC(N)=O)ccc1OCc1ccccc1. The van der Waals surface area contributed by atoms with E-state index < -0.39 is 0 Å². The number of amides is 1. The molecule has 5 nitrogen and oxygen atoms in total. The second-order valence-electron chi connectivity index (χ2n) is 5.40. The molecule has 0 aromatic heterocycles. The fraction of sp³-hybridized carbons (Fsp3) is 0.278. The molecule has 0 aliphatic carbocycles. The first kappa shape index (κ1) is 16.8. The van der Waals surface area contributed by atoms with Crippen LogP contribution >= 0.6 is 0 Å². The Morgan fingerprint density at radius 3 is 2.48 bits per heavy atom. The lowest BCUT2D eigenvalue weighted by molar-refractivity contribution is -0.118. The lowest BCUT2D eigenvalue weighted by atomic mass is 10.2. The van der Waals surface area contributed by atoms with Gasteiger partial charge in [-0.1, -0.05) is 36.4 Å². The second kappa shape index (κ2) is 8.19. The second-order valence-corrected chi connectivity index (χ2v) is 5.40. The fourth-order valence-electron chi connectivity index (χ4n) is 2.30. The van der Waals surface area contributed by atoms with E-state index in [-0.39, 0.29) is 12.5 Å². The normalized spacial score (nSPS) is 10.6. The van der Waals surface area contributed by atoms with Crippen LogP contribution in [-0.4, -0.2) is 31.5 Å². The maximum atomic E-state index is 10.9. The molecule has 5 heteroatoms. The minimum absolute atomic E-state index is 0.217. The quantitative estimate of drug-likeness (QED) is 0.811. The molecule has 0 unspecified atom stereocenters. The van der Waals surface area contributed by atoms with E-state index in [2.05, 4.69) is 0 Å². The van der Waals surface area contributed by atoms with Gasteiger partial charge in [-0.05, 0) is 30.3 Å². The molecule has 1 amide bonds. The van der Waals surface area contributed by atoms with E-state index >= 15 is 0 Å². The molecule has 0 radical (unpaired) electrons. The van der Waals surface area contributed by atoms with E-state index in [4.69, 9.17) is 15.2 Å². The standard InChI is InChI=1S/C18H22N2O3/c1-20(12-18(19)21)11-15-8-9-16(17(10-15)22-2)23-13-14-6-4-3-5-7-14/h3-10H,11-13H2,1-2H3,(H2,19,21). The van der Waals surface area contributed by atoms with Crippen LogP contribution in [0.5, 0.6) is 11.5 Å². The third-order valence-corrected chi connectivity index (χ3v) is 3.34. The zero-order valence-electron chi connectivity index (χ0n) is 13.5. The summed E-state index contributed by atoms with van der Waals surface area (Å²) >= 11 is 0. The first-order valence-electron chi connectivity index (χ1n) is 7.39. The van der Waals surface area contributed by atoms with E-state index in [1.165, 1.54) is 0 Å². The number of likely N-dealkylation sites (N-methyl/N-ethyl adjacent to an activating group) is 1. The van der Waals surface area contributed by atoms with Crippen molar-refractivity contribution in [2.45, 2.75) is 13.2 Å². The van der Waals surface area contributed by atoms with Gasteiger partial charge in [0.25, 0.3) is 0 Å². The van der Waals surface area contributed by atoms with Gasteiger partial charge in [-0.15, -0.1) is 0 Å². The lowest BCUT2D eigenvalue weighted by Gasteiger charge is -2.16. The maximum Gasteiger partial charge on any atom is 0.231 e. The van der Waals surface area contributed by atoms with Crippen molar-refractivity contribution in [3.8, 4) is 11.5 Å². The van der Waals surface area contributed by atoms with Gasteiger partial charge >= 0.3 is 0 Å². The van der Waals surface area contributed by atoms with Crippen LogP contribution in [0.1, 0.15) is 11.1 Å². The summed E-state index contributed by atoms with van der Waals surface area (Å²) in [6.45, 7) is 1.31. The first-order chi connectivity index (χ1) is 11.1. The molecule has 0 saturated heterocycles. The molecule has 0 bridgehead atoms. The highest BCUT2D eigenvalue weighted by Crippen LogP contribution is 2.29. The van der Waals surface area contributed by atoms with Gasteiger partial charge in [0.05, 0.1) is 13.7 Å². The lowest BCUT2D eigenvalue weighted by Crippen LogP contribution is -2.30. The van der Waals surface area contributed by atoms with Crippen molar-refractivity contribution >= 4 is 5.91 Å². The fourth-order valence-corrected chi connectivity index (χ4v) is 2.30. The predicted octanol–water partition coefficient (Wildman–Crippen LogP) is 2.19. The Morgan fingerprint density at radius 2 is 1.83 bits per heavy atom. The summed E-state index contributed by atoms with van der Waals surface area (Å²) < 4.78 is 11.2. The molecule has 0 spiro atoms. The monoisotopic (exact) mass is 314 g/mol. The van der Waals surface area contributed by atoms with Crippen molar-refractivity contribution in [1.29, 1.82) is 0 Å². The summed E-state index contributed by atoms with van der Waals surface area (Å²) in [4.78, 5) is 12.8. The molecular formula is C18H22N2O3. The number of ether oxygens (including phenoxy) is 2. The number of rotatable bonds is 8. The van der Waals surface area contributed by atoms with Crippen LogP contribution in [0.3, 0.4) is 0 Å². The van der Waals surface area contributed by atoms with Crippen molar-refractivity contribution in [2.24, 2.45) is 5.73 Å². The van der Waals surface area contributed by atoms with E-state index in [9.17, 15) is 4.79 Å². The Hall–Kier alpha value is -2.53. The summed E-state index contributed by atoms with van der Waals surface area (Å²) in [6, 6.07) is 15.7. The summed E-state index contributed by atoms with van der Waals surface area (Å²) in [5.74, 6) is 1.02. The van der Waals surface area contributed by atoms with E-state index in [1.807, 2.05) is 60.5 Å². The largest absolute Gasteiger partial charge is 0.493 e. The Labute approximate surface area is 136 Å². The Morgan fingerprint density at radius 1 is 1.09 bits per heavy atom. The Balaban J connectivity index is 2.02. The van der Waals surface area contributed by atoms with Gasteiger partial charge in [0.2, 0.25) is 5.91 Å². The number of hydrogen-bond acceptors (Lipinski definition) is 4. The number of nitrogens with two attached hydrogens (primary N) is 1. The smallest absolute Gasteiger partial charge is 0.231 e. The van der Waals surface area contributed by atoms with Gasteiger partial charge < -0.3 is 15.2 Å². The summed E-state index contributed by atoms with van der Waals surface area (Å²) in [5.41, 5.74) is 7.32. The molecule has 0 fully saturated rings. The number of nitrogens with zero attached hydrogens (tertiary/aromatic N) is 1. The highest BCUT2D eigenvalue weighted by Gasteiger charge is 2.09. The zero-order valence-corrected chi connectivity index (χ0v) is 13.5. The Kier molecular flexibility index (Phi) is 6.00. The average molecular weight is 314 g/mol. The zero-order chi connectivity index (χ0) is 16.7. The predicted molar refractivity (Wildman–Crippen MR) is 89.3 cm³/mol.